The molecule has 1 aliphatic heterocycles. The summed E-state index contributed by atoms with van der Waals surface area (Å²) in [5.41, 5.74) is 0. The van der Waals surface area contributed by atoms with Crippen LogP contribution in [-0.4, -0.2) is 23.4 Å². The Morgan fingerprint density at radius 2 is 2.16 bits per heavy atom. The molecule has 0 aromatic heterocycles. The van der Waals surface area contributed by atoms with E-state index >= 15 is 0 Å². The van der Waals surface area contributed by atoms with E-state index in [-0.39, 0.29) is 12.2 Å². The molecule has 1 fully saturated rings. The number of aliphatic hydroxyl groups is 1. The van der Waals surface area contributed by atoms with Gasteiger partial charge in [0, 0.05) is 6.42 Å². The Balaban J connectivity index is 2.11. The Morgan fingerprint density at radius 3 is 2.89 bits per heavy atom. The molecular formula is C17H24O2. The number of rotatable bonds is 8. The lowest BCUT2D eigenvalue weighted by molar-refractivity contribution is 0.185. The second-order valence-electron chi connectivity index (χ2n) is 4.83. The van der Waals surface area contributed by atoms with Crippen LogP contribution in [0.15, 0.2) is 12.7 Å². The molecule has 1 rings (SSSR count). The first-order chi connectivity index (χ1) is 9.29. The summed E-state index contributed by atoms with van der Waals surface area (Å²) in [6.07, 6.45) is 8.89. The molecule has 19 heavy (non-hydrogen) atoms. The summed E-state index contributed by atoms with van der Waals surface area (Å²) in [5, 5.41) is 9.78. The van der Waals surface area contributed by atoms with Gasteiger partial charge in [-0.25, -0.2) is 0 Å². The monoisotopic (exact) mass is 260 g/mol. The van der Waals surface area contributed by atoms with Gasteiger partial charge in [0.25, 0.3) is 0 Å². The third kappa shape index (κ3) is 7.06. The normalized spacial score (nSPS) is 21.6. The average Bonchev–Trinajstić information content (AvgIpc) is 3.18. The maximum Gasteiger partial charge on any atom is 0.144 e. The van der Waals surface area contributed by atoms with Gasteiger partial charge in [-0.1, -0.05) is 37.7 Å². The number of unbranched alkanes of at least 4 members (excludes halogenated alkanes) is 4. The first-order valence-corrected chi connectivity index (χ1v) is 7.22. The Hall–Kier alpha value is -1.22. The zero-order valence-corrected chi connectivity index (χ0v) is 11.8. The number of epoxide rings is 1. The van der Waals surface area contributed by atoms with E-state index in [1.54, 1.807) is 0 Å². The number of ether oxygens (including phenoxy) is 1. The van der Waals surface area contributed by atoms with E-state index in [1.165, 1.54) is 12.8 Å². The summed E-state index contributed by atoms with van der Waals surface area (Å²) < 4.78 is 5.44. The molecule has 1 N–H and O–H groups in total. The van der Waals surface area contributed by atoms with Crippen LogP contribution in [0.2, 0.25) is 0 Å². The van der Waals surface area contributed by atoms with Gasteiger partial charge in [0.15, 0.2) is 0 Å². The zero-order chi connectivity index (χ0) is 13.9. The van der Waals surface area contributed by atoms with E-state index < -0.39 is 6.10 Å². The molecule has 0 aromatic carbocycles. The molecule has 104 valence electrons. The lowest BCUT2D eigenvalue weighted by Gasteiger charge is -1.98. The SMILES string of the molecule is C=CCCCCCC1OC1C(O)C#CC#CCCC. The highest BCUT2D eigenvalue weighted by Crippen LogP contribution is 2.30. The summed E-state index contributed by atoms with van der Waals surface area (Å²) in [6.45, 7) is 5.78. The molecule has 0 saturated carbocycles. The largest absolute Gasteiger partial charge is 0.377 e. The molecule has 1 aliphatic rings. The zero-order valence-electron chi connectivity index (χ0n) is 11.8. The van der Waals surface area contributed by atoms with Crippen LogP contribution in [0.25, 0.3) is 0 Å². The Morgan fingerprint density at radius 1 is 1.32 bits per heavy atom. The van der Waals surface area contributed by atoms with Crippen molar-refractivity contribution in [1.29, 1.82) is 0 Å². The highest BCUT2D eigenvalue weighted by Gasteiger charge is 2.42. The molecule has 0 aromatic rings. The van der Waals surface area contributed by atoms with Crippen LogP contribution in [0.5, 0.6) is 0 Å². The highest BCUT2D eigenvalue weighted by atomic mass is 16.6. The number of hydrogen-bond acceptors (Lipinski definition) is 2. The maximum absolute atomic E-state index is 9.78. The van der Waals surface area contributed by atoms with E-state index in [1.807, 2.05) is 6.08 Å². The van der Waals surface area contributed by atoms with Gasteiger partial charge in [-0.3, -0.25) is 0 Å². The molecule has 1 saturated heterocycles. The van der Waals surface area contributed by atoms with Gasteiger partial charge < -0.3 is 9.84 Å². The molecule has 0 amide bonds. The van der Waals surface area contributed by atoms with Crippen molar-refractivity contribution >= 4 is 0 Å². The fraction of sp³-hybridized carbons (Fsp3) is 0.647. The van der Waals surface area contributed by atoms with E-state index in [0.29, 0.717) is 0 Å². The molecule has 0 bridgehead atoms. The summed E-state index contributed by atoms with van der Waals surface area (Å²) in [4.78, 5) is 0. The van der Waals surface area contributed by atoms with Gasteiger partial charge >= 0.3 is 0 Å². The van der Waals surface area contributed by atoms with Crippen LogP contribution in [0.1, 0.15) is 51.9 Å². The van der Waals surface area contributed by atoms with E-state index in [0.717, 1.165) is 32.1 Å². The summed E-state index contributed by atoms with van der Waals surface area (Å²) in [7, 11) is 0. The van der Waals surface area contributed by atoms with E-state index in [9.17, 15) is 5.11 Å². The second-order valence-corrected chi connectivity index (χ2v) is 4.83. The summed E-state index contributed by atoms with van der Waals surface area (Å²) in [5.74, 6) is 11.1. The minimum absolute atomic E-state index is 0.0973. The van der Waals surface area contributed by atoms with Crippen molar-refractivity contribution in [2.24, 2.45) is 0 Å². The molecule has 0 aliphatic carbocycles. The van der Waals surface area contributed by atoms with E-state index in [2.05, 4.69) is 37.2 Å². The van der Waals surface area contributed by atoms with Crippen molar-refractivity contribution in [3.63, 3.8) is 0 Å². The first-order valence-electron chi connectivity index (χ1n) is 7.22. The molecule has 1 heterocycles. The summed E-state index contributed by atoms with van der Waals surface area (Å²) >= 11 is 0. The number of allylic oxidation sites excluding steroid dienone is 1. The molecule has 0 radical (unpaired) electrons. The lowest BCUT2D eigenvalue weighted by atomic mass is 10.1. The first kappa shape index (κ1) is 15.8. The molecular weight excluding hydrogens is 236 g/mol. The Kier molecular flexibility index (Phi) is 8.07. The summed E-state index contributed by atoms with van der Waals surface area (Å²) in [6, 6.07) is 0. The van der Waals surface area contributed by atoms with Crippen LogP contribution < -0.4 is 0 Å². The van der Waals surface area contributed by atoms with Crippen LogP contribution >= 0.6 is 0 Å². The van der Waals surface area contributed by atoms with Crippen molar-refractivity contribution < 1.29 is 9.84 Å². The molecule has 2 nitrogen and oxygen atoms in total. The fourth-order valence-electron chi connectivity index (χ4n) is 1.90. The number of aliphatic hydroxyl groups excluding tert-OH is 1. The lowest BCUT2D eigenvalue weighted by Crippen LogP contribution is -2.14. The minimum atomic E-state index is -0.686. The molecule has 3 atom stereocenters. The van der Waals surface area contributed by atoms with Gasteiger partial charge in [-0.2, -0.15) is 0 Å². The average molecular weight is 260 g/mol. The van der Waals surface area contributed by atoms with Gasteiger partial charge in [-0.15, -0.1) is 6.58 Å². The van der Waals surface area contributed by atoms with E-state index in [4.69, 9.17) is 4.74 Å². The van der Waals surface area contributed by atoms with Crippen LogP contribution in [0.3, 0.4) is 0 Å². The molecule has 0 spiro atoms. The minimum Gasteiger partial charge on any atom is -0.377 e. The molecule has 2 heteroatoms. The quantitative estimate of drug-likeness (QED) is 0.315. The Bertz CT molecular complexity index is 378. The highest BCUT2D eigenvalue weighted by molar-refractivity contribution is 5.28. The topological polar surface area (TPSA) is 32.8 Å². The van der Waals surface area contributed by atoms with Crippen LogP contribution in [0, 0.1) is 23.7 Å². The maximum atomic E-state index is 9.78. The third-order valence-corrected chi connectivity index (χ3v) is 3.08. The van der Waals surface area contributed by atoms with Gasteiger partial charge in [0.05, 0.1) is 6.10 Å². The van der Waals surface area contributed by atoms with Crippen molar-refractivity contribution in [3.8, 4) is 23.7 Å². The Labute approximate surface area is 117 Å². The van der Waals surface area contributed by atoms with Crippen molar-refractivity contribution in [3.05, 3.63) is 12.7 Å². The fourth-order valence-corrected chi connectivity index (χ4v) is 1.90. The van der Waals surface area contributed by atoms with Crippen molar-refractivity contribution in [1.82, 2.24) is 0 Å². The van der Waals surface area contributed by atoms with Crippen molar-refractivity contribution in [2.75, 3.05) is 0 Å². The van der Waals surface area contributed by atoms with Gasteiger partial charge in [0.2, 0.25) is 0 Å². The third-order valence-electron chi connectivity index (χ3n) is 3.08. The van der Waals surface area contributed by atoms with Gasteiger partial charge in [-0.05, 0) is 37.5 Å². The van der Waals surface area contributed by atoms with Gasteiger partial charge in [0.1, 0.15) is 12.2 Å². The van der Waals surface area contributed by atoms with Crippen LogP contribution in [0.4, 0.5) is 0 Å². The molecule has 3 unspecified atom stereocenters. The second kappa shape index (κ2) is 9.68. The predicted molar refractivity (Wildman–Crippen MR) is 78.4 cm³/mol. The smallest absolute Gasteiger partial charge is 0.144 e. The predicted octanol–water partition coefficient (Wildman–Crippen LogP) is 3.06. The van der Waals surface area contributed by atoms with Crippen molar-refractivity contribution in [2.45, 2.75) is 70.2 Å². The van der Waals surface area contributed by atoms with Crippen LogP contribution in [-0.2, 0) is 4.74 Å². The number of hydrogen-bond donors (Lipinski definition) is 1. The standard InChI is InChI=1S/C17H24O2/c1-3-5-7-9-11-13-15(18)17-16(19-17)14-12-10-8-6-4-2/h4,15-18H,2-3,5-6,8,10,12,14H2,1H3.